The average molecular weight is 946 g/mol. The molecule has 8 nitrogen and oxygen atoms in total. The van der Waals surface area contributed by atoms with Crippen LogP contribution in [0, 0.1) is 0 Å². The van der Waals surface area contributed by atoms with Crippen LogP contribution < -0.4 is 4.89 Å². The van der Waals surface area contributed by atoms with Crippen molar-refractivity contribution < 1.29 is 37.3 Å². The van der Waals surface area contributed by atoms with Crippen molar-refractivity contribution in [2.75, 3.05) is 54.1 Å². The standard InChI is InChI=1S/C57H104NO7P/c1-6-8-10-12-14-16-18-20-22-24-26-28-30-32-34-36-38-40-42-44-46-48-50-57(59)65-56(55-64-66(60,61)63-53-51-58(3,4)5)54-62-52-49-47-45-43-41-39-37-35-33-31-29-27-25-23-21-19-17-15-13-11-9-7-2/h9,11,15,17,21,23,27,29,33,35,39,41,56H,6-8,10,12-14,16,18-20,22,24-26,28,30-32,34,36-38,40,42-55H2,1-5H3/b11-9-,17-15-,23-21-,29-27-,35-33-,41-39-. The van der Waals surface area contributed by atoms with Gasteiger partial charge in [0.05, 0.1) is 34.4 Å². The number of carbonyl (C=O) groups is 1. The van der Waals surface area contributed by atoms with E-state index in [1.54, 1.807) is 0 Å². The highest BCUT2D eigenvalue weighted by atomic mass is 31.2. The first kappa shape index (κ1) is 63.9. The lowest BCUT2D eigenvalue weighted by Gasteiger charge is -2.28. The van der Waals surface area contributed by atoms with Gasteiger partial charge >= 0.3 is 5.97 Å². The van der Waals surface area contributed by atoms with Crippen molar-refractivity contribution in [3.8, 4) is 0 Å². The molecular formula is C57H104NO7P. The summed E-state index contributed by atoms with van der Waals surface area (Å²) in [5.74, 6) is -0.344. The van der Waals surface area contributed by atoms with Gasteiger partial charge in [-0.2, -0.15) is 0 Å². The molecule has 0 aliphatic heterocycles. The molecule has 66 heavy (non-hydrogen) atoms. The highest BCUT2D eigenvalue weighted by Crippen LogP contribution is 2.38. The molecule has 0 aromatic rings. The predicted octanol–water partition coefficient (Wildman–Crippen LogP) is 16.4. The summed E-state index contributed by atoms with van der Waals surface area (Å²) in [5, 5.41) is 0. The maximum Gasteiger partial charge on any atom is 0.306 e. The summed E-state index contributed by atoms with van der Waals surface area (Å²) < 4.78 is 34.8. The molecule has 0 saturated heterocycles. The lowest BCUT2D eigenvalue weighted by atomic mass is 10.0. The minimum Gasteiger partial charge on any atom is -0.756 e. The van der Waals surface area contributed by atoms with E-state index in [4.69, 9.17) is 18.5 Å². The molecule has 384 valence electrons. The quantitative estimate of drug-likeness (QED) is 0.0197. The number of quaternary nitrogens is 1. The summed E-state index contributed by atoms with van der Waals surface area (Å²) >= 11 is 0. The van der Waals surface area contributed by atoms with Gasteiger partial charge in [0.1, 0.15) is 19.3 Å². The van der Waals surface area contributed by atoms with E-state index >= 15 is 0 Å². The van der Waals surface area contributed by atoms with Gasteiger partial charge in [-0.05, 0) is 64.2 Å². The first-order valence-corrected chi connectivity index (χ1v) is 28.6. The van der Waals surface area contributed by atoms with Gasteiger partial charge in [-0.1, -0.05) is 228 Å². The largest absolute Gasteiger partial charge is 0.756 e. The van der Waals surface area contributed by atoms with Gasteiger partial charge in [-0.25, -0.2) is 0 Å². The van der Waals surface area contributed by atoms with E-state index in [0.717, 1.165) is 83.5 Å². The number of ether oxygens (including phenoxy) is 2. The fraction of sp³-hybridized carbons (Fsp3) is 0.772. The van der Waals surface area contributed by atoms with Crippen LogP contribution in [0.5, 0.6) is 0 Å². The summed E-state index contributed by atoms with van der Waals surface area (Å²) in [6.45, 7) is 5.24. The molecule has 0 aromatic carbocycles. The Labute approximate surface area is 408 Å². The molecule has 0 aromatic heterocycles. The Morgan fingerprint density at radius 2 is 0.879 bits per heavy atom. The van der Waals surface area contributed by atoms with Crippen LogP contribution in [0.4, 0.5) is 0 Å². The maximum atomic E-state index is 12.8. The van der Waals surface area contributed by atoms with E-state index in [2.05, 4.69) is 86.8 Å². The second kappa shape index (κ2) is 49.4. The summed E-state index contributed by atoms with van der Waals surface area (Å²) in [5.41, 5.74) is 0. The summed E-state index contributed by atoms with van der Waals surface area (Å²) in [6, 6.07) is 0. The van der Waals surface area contributed by atoms with Crippen LogP contribution in [-0.2, 0) is 27.9 Å². The number of hydrogen-bond acceptors (Lipinski definition) is 7. The molecule has 0 spiro atoms. The van der Waals surface area contributed by atoms with E-state index in [1.165, 1.54) is 122 Å². The molecule has 2 unspecified atom stereocenters. The molecule has 0 N–H and O–H groups in total. The minimum atomic E-state index is -4.55. The van der Waals surface area contributed by atoms with Crippen LogP contribution in [-0.4, -0.2) is 70.7 Å². The Hall–Kier alpha value is -2.06. The highest BCUT2D eigenvalue weighted by Gasteiger charge is 2.20. The van der Waals surface area contributed by atoms with Crippen molar-refractivity contribution in [2.24, 2.45) is 0 Å². The Kier molecular flexibility index (Phi) is 47.8. The molecule has 0 heterocycles. The number of likely N-dealkylation sites (N-methyl/N-ethyl adjacent to an activating group) is 1. The second-order valence-corrected chi connectivity index (χ2v) is 20.6. The number of allylic oxidation sites excluding steroid dienone is 12. The summed E-state index contributed by atoms with van der Waals surface area (Å²) in [7, 11) is 1.33. The Balaban J connectivity index is 4.18. The second-order valence-electron chi connectivity index (χ2n) is 19.2. The number of nitrogens with zero attached hydrogens (tertiary/aromatic N) is 1. The average Bonchev–Trinajstić information content (AvgIpc) is 3.28. The molecule has 9 heteroatoms. The van der Waals surface area contributed by atoms with Crippen molar-refractivity contribution in [3.63, 3.8) is 0 Å². The Morgan fingerprint density at radius 1 is 0.485 bits per heavy atom. The van der Waals surface area contributed by atoms with Gasteiger partial charge in [0.15, 0.2) is 0 Å². The zero-order chi connectivity index (χ0) is 48.3. The van der Waals surface area contributed by atoms with Gasteiger partial charge in [-0.15, -0.1) is 0 Å². The number of rotatable bonds is 50. The molecule has 0 aliphatic rings. The molecule has 0 amide bonds. The third-order valence-corrected chi connectivity index (χ3v) is 12.5. The van der Waals surface area contributed by atoms with E-state index < -0.39 is 13.9 Å². The Bertz CT molecular complexity index is 1280. The molecule has 0 saturated carbocycles. The van der Waals surface area contributed by atoms with Crippen LogP contribution in [0.3, 0.4) is 0 Å². The first-order chi connectivity index (χ1) is 32.1. The molecule has 0 bridgehead atoms. The van der Waals surface area contributed by atoms with Gasteiger partial charge in [0.25, 0.3) is 7.82 Å². The third-order valence-electron chi connectivity index (χ3n) is 11.5. The fourth-order valence-corrected chi connectivity index (χ4v) is 8.10. The molecule has 0 radical (unpaired) electrons. The Morgan fingerprint density at radius 3 is 1.30 bits per heavy atom. The predicted molar refractivity (Wildman–Crippen MR) is 282 cm³/mol. The smallest absolute Gasteiger partial charge is 0.306 e. The van der Waals surface area contributed by atoms with Crippen LogP contribution >= 0.6 is 7.82 Å². The van der Waals surface area contributed by atoms with Crippen molar-refractivity contribution in [2.45, 2.75) is 232 Å². The number of esters is 1. The van der Waals surface area contributed by atoms with Gasteiger partial charge < -0.3 is 27.9 Å². The fourth-order valence-electron chi connectivity index (χ4n) is 7.37. The topological polar surface area (TPSA) is 94.1 Å². The van der Waals surface area contributed by atoms with E-state index in [0.29, 0.717) is 24.1 Å². The zero-order valence-electron chi connectivity index (χ0n) is 43.6. The molecule has 0 rings (SSSR count). The third kappa shape index (κ3) is 52.9. The number of unbranched alkanes of at least 4 members (excludes halogenated alkanes) is 24. The number of carbonyl (C=O) groups excluding carboxylic acids is 1. The van der Waals surface area contributed by atoms with Crippen molar-refractivity contribution >= 4 is 13.8 Å². The number of phosphoric acid groups is 1. The lowest BCUT2D eigenvalue weighted by molar-refractivity contribution is -0.870. The SMILES string of the molecule is CC/C=C\C/C=C\C/C=C\C/C=C\C/C=C\C/C=C\CCCCCOCC(COP(=O)([O-])OCC[N+](C)(C)C)OC(=O)CCCCCCCCCCCCCCCCCCCCCCCC. The van der Waals surface area contributed by atoms with Crippen LogP contribution in [0.15, 0.2) is 72.9 Å². The molecule has 2 atom stereocenters. The van der Waals surface area contributed by atoms with Gasteiger partial charge in [0, 0.05) is 13.0 Å². The van der Waals surface area contributed by atoms with Crippen molar-refractivity contribution in [1.82, 2.24) is 0 Å². The number of hydrogen-bond donors (Lipinski definition) is 0. The monoisotopic (exact) mass is 946 g/mol. The van der Waals surface area contributed by atoms with Gasteiger partial charge in [0.2, 0.25) is 0 Å². The molecule has 0 aliphatic carbocycles. The van der Waals surface area contributed by atoms with Gasteiger partial charge in [-0.3, -0.25) is 9.36 Å². The summed E-state index contributed by atoms with van der Waals surface area (Å²) in [6.07, 6.45) is 65.1. The lowest BCUT2D eigenvalue weighted by Crippen LogP contribution is -2.37. The van der Waals surface area contributed by atoms with E-state index in [9.17, 15) is 14.3 Å². The normalized spacial score (nSPS) is 14.1. The molecule has 0 fully saturated rings. The van der Waals surface area contributed by atoms with Crippen molar-refractivity contribution in [3.05, 3.63) is 72.9 Å². The minimum absolute atomic E-state index is 0.0172. The van der Waals surface area contributed by atoms with Crippen LogP contribution in [0.1, 0.15) is 226 Å². The first-order valence-electron chi connectivity index (χ1n) is 27.2. The number of phosphoric ester groups is 1. The molecular weight excluding hydrogens is 842 g/mol. The highest BCUT2D eigenvalue weighted by molar-refractivity contribution is 7.45. The van der Waals surface area contributed by atoms with E-state index in [-0.39, 0.29) is 25.8 Å². The van der Waals surface area contributed by atoms with Crippen molar-refractivity contribution in [1.29, 1.82) is 0 Å². The van der Waals surface area contributed by atoms with E-state index in [1.807, 2.05) is 21.1 Å². The zero-order valence-corrected chi connectivity index (χ0v) is 44.5. The maximum absolute atomic E-state index is 12.8. The van der Waals surface area contributed by atoms with Crippen LogP contribution in [0.25, 0.3) is 0 Å². The van der Waals surface area contributed by atoms with Crippen LogP contribution in [0.2, 0.25) is 0 Å². The summed E-state index contributed by atoms with van der Waals surface area (Å²) in [4.78, 5) is 25.2.